The molecule has 0 bridgehead atoms. The predicted molar refractivity (Wildman–Crippen MR) is 72.8 cm³/mol. The molecule has 3 heteroatoms. The van der Waals surface area contributed by atoms with Gasteiger partial charge in [-0.3, -0.25) is 5.84 Å². The maximum Gasteiger partial charge on any atom is 0.0670 e. The number of rotatable bonds is 3. The molecule has 0 saturated heterocycles. The molecule has 17 heavy (non-hydrogen) atoms. The summed E-state index contributed by atoms with van der Waals surface area (Å²) in [5.41, 5.74) is 6.55. The van der Waals surface area contributed by atoms with Gasteiger partial charge in [-0.05, 0) is 49.8 Å². The zero-order valence-corrected chi connectivity index (χ0v) is 10.9. The fraction of sp³-hybridized carbons (Fsp3) is 0.429. The van der Waals surface area contributed by atoms with Gasteiger partial charge < -0.3 is 0 Å². The van der Waals surface area contributed by atoms with Crippen LogP contribution in [0.4, 0.5) is 0 Å². The Kier molecular flexibility index (Phi) is 4.21. The van der Waals surface area contributed by atoms with Gasteiger partial charge in [-0.2, -0.15) is 0 Å². The molecule has 0 heterocycles. The van der Waals surface area contributed by atoms with Crippen molar-refractivity contribution in [3.05, 3.63) is 46.0 Å². The van der Waals surface area contributed by atoms with E-state index in [1.54, 1.807) is 0 Å². The Hall–Kier alpha value is -0.830. The van der Waals surface area contributed by atoms with Gasteiger partial charge in [-0.15, -0.1) is 0 Å². The number of aryl methyl sites for hydroxylation is 1. The zero-order chi connectivity index (χ0) is 12.3. The summed E-state index contributed by atoms with van der Waals surface area (Å²) in [4.78, 5) is 0. The van der Waals surface area contributed by atoms with Crippen molar-refractivity contribution in [1.29, 1.82) is 0 Å². The van der Waals surface area contributed by atoms with Gasteiger partial charge in [-0.25, -0.2) is 5.43 Å². The van der Waals surface area contributed by atoms with Gasteiger partial charge in [0.15, 0.2) is 0 Å². The first kappa shape index (κ1) is 12.6. The molecule has 0 fully saturated rings. The van der Waals surface area contributed by atoms with E-state index < -0.39 is 0 Å². The Bertz CT molecular complexity index is 426. The van der Waals surface area contributed by atoms with Gasteiger partial charge in [0.25, 0.3) is 0 Å². The summed E-state index contributed by atoms with van der Waals surface area (Å²) in [6, 6.07) is 6.26. The lowest BCUT2D eigenvalue weighted by molar-refractivity contribution is 0.566. The molecule has 0 amide bonds. The number of hydrogen-bond acceptors (Lipinski definition) is 2. The third-order valence-corrected chi connectivity index (χ3v) is 3.80. The van der Waals surface area contributed by atoms with Crippen LogP contribution in [-0.4, -0.2) is 0 Å². The standard InChI is InChI=1S/C14H19ClN2/c1-10-7-8-12(9-13(10)15)14(17-16)11-5-3-2-4-6-11/h5,7-9,14,17H,2-4,6,16H2,1H3. The maximum atomic E-state index is 6.17. The Morgan fingerprint density at radius 3 is 2.76 bits per heavy atom. The summed E-state index contributed by atoms with van der Waals surface area (Å²) in [5, 5.41) is 0.805. The number of nitrogens with one attached hydrogen (secondary N) is 1. The normalized spacial score (nSPS) is 17.7. The topological polar surface area (TPSA) is 38.0 Å². The van der Waals surface area contributed by atoms with E-state index in [-0.39, 0.29) is 6.04 Å². The van der Waals surface area contributed by atoms with Crippen LogP contribution in [0.1, 0.15) is 42.9 Å². The van der Waals surface area contributed by atoms with Gasteiger partial charge in [0.1, 0.15) is 0 Å². The summed E-state index contributed by atoms with van der Waals surface area (Å²) >= 11 is 6.17. The third kappa shape index (κ3) is 2.89. The molecule has 1 unspecified atom stereocenters. The number of allylic oxidation sites excluding steroid dienone is 1. The van der Waals surface area contributed by atoms with E-state index in [0.29, 0.717) is 0 Å². The van der Waals surface area contributed by atoms with E-state index in [1.165, 1.54) is 18.4 Å². The summed E-state index contributed by atoms with van der Waals surface area (Å²) in [6.45, 7) is 2.01. The Labute approximate surface area is 108 Å². The number of nitrogens with two attached hydrogens (primary N) is 1. The van der Waals surface area contributed by atoms with Crippen molar-refractivity contribution in [1.82, 2.24) is 5.43 Å². The van der Waals surface area contributed by atoms with E-state index in [1.807, 2.05) is 19.1 Å². The van der Waals surface area contributed by atoms with Crippen molar-refractivity contribution in [2.24, 2.45) is 5.84 Å². The molecule has 2 rings (SSSR count). The molecule has 2 nitrogen and oxygen atoms in total. The van der Waals surface area contributed by atoms with Crippen LogP contribution in [0.2, 0.25) is 5.02 Å². The Balaban J connectivity index is 2.28. The lowest BCUT2D eigenvalue weighted by Gasteiger charge is -2.23. The van der Waals surface area contributed by atoms with E-state index in [2.05, 4.69) is 17.6 Å². The molecule has 1 atom stereocenters. The van der Waals surface area contributed by atoms with Crippen LogP contribution in [0, 0.1) is 6.92 Å². The van der Waals surface area contributed by atoms with Crippen molar-refractivity contribution >= 4 is 11.6 Å². The van der Waals surface area contributed by atoms with Gasteiger partial charge in [-0.1, -0.05) is 35.4 Å². The fourth-order valence-electron chi connectivity index (χ4n) is 2.33. The van der Waals surface area contributed by atoms with E-state index in [4.69, 9.17) is 17.4 Å². The molecule has 3 N–H and O–H groups in total. The maximum absolute atomic E-state index is 6.17. The van der Waals surface area contributed by atoms with Gasteiger partial charge in [0, 0.05) is 5.02 Å². The second-order valence-electron chi connectivity index (χ2n) is 4.63. The minimum Gasteiger partial charge on any atom is -0.271 e. The predicted octanol–water partition coefficient (Wildman–Crippen LogP) is 3.65. The summed E-state index contributed by atoms with van der Waals surface area (Å²) in [5.74, 6) is 5.69. The molecule has 0 aliphatic heterocycles. The van der Waals surface area contributed by atoms with Crippen molar-refractivity contribution in [3.63, 3.8) is 0 Å². The molecular formula is C14H19ClN2. The molecule has 0 spiro atoms. The smallest absolute Gasteiger partial charge is 0.0670 e. The zero-order valence-electron chi connectivity index (χ0n) is 10.2. The molecule has 92 valence electrons. The molecule has 0 aromatic heterocycles. The highest BCUT2D eigenvalue weighted by Crippen LogP contribution is 2.31. The second-order valence-corrected chi connectivity index (χ2v) is 5.04. The van der Waals surface area contributed by atoms with Crippen LogP contribution >= 0.6 is 11.6 Å². The van der Waals surface area contributed by atoms with Crippen molar-refractivity contribution in [3.8, 4) is 0 Å². The highest BCUT2D eigenvalue weighted by molar-refractivity contribution is 6.31. The molecule has 1 aromatic carbocycles. The van der Waals surface area contributed by atoms with Crippen molar-refractivity contribution in [2.45, 2.75) is 38.6 Å². The monoisotopic (exact) mass is 250 g/mol. The number of halogens is 1. The minimum atomic E-state index is 0.105. The summed E-state index contributed by atoms with van der Waals surface area (Å²) in [6.07, 6.45) is 7.13. The number of hydrazine groups is 1. The largest absolute Gasteiger partial charge is 0.271 e. The van der Waals surface area contributed by atoms with Gasteiger partial charge in [0.05, 0.1) is 6.04 Å². The van der Waals surface area contributed by atoms with E-state index >= 15 is 0 Å². The highest BCUT2D eigenvalue weighted by Gasteiger charge is 2.17. The van der Waals surface area contributed by atoms with Crippen LogP contribution in [-0.2, 0) is 0 Å². The van der Waals surface area contributed by atoms with Crippen LogP contribution in [0.3, 0.4) is 0 Å². The number of benzene rings is 1. The van der Waals surface area contributed by atoms with Gasteiger partial charge >= 0.3 is 0 Å². The van der Waals surface area contributed by atoms with Crippen molar-refractivity contribution in [2.75, 3.05) is 0 Å². The summed E-state index contributed by atoms with van der Waals surface area (Å²) in [7, 11) is 0. The molecule has 0 radical (unpaired) electrons. The first-order valence-corrected chi connectivity index (χ1v) is 6.51. The molecule has 1 aromatic rings. The third-order valence-electron chi connectivity index (χ3n) is 3.39. The van der Waals surface area contributed by atoms with E-state index in [9.17, 15) is 0 Å². The SMILES string of the molecule is Cc1ccc(C(NN)C2=CCCCC2)cc1Cl. The lowest BCUT2D eigenvalue weighted by atomic mass is 9.90. The lowest BCUT2D eigenvalue weighted by Crippen LogP contribution is -2.30. The Morgan fingerprint density at radius 2 is 2.18 bits per heavy atom. The first-order valence-electron chi connectivity index (χ1n) is 6.13. The van der Waals surface area contributed by atoms with Crippen LogP contribution in [0.25, 0.3) is 0 Å². The minimum absolute atomic E-state index is 0.105. The summed E-state index contributed by atoms with van der Waals surface area (Å²) < 4.78 is 0. The van der Waals surface area contributed by atoms with Crippen molar-refractivity contribution < 1.29 is 0 Å². The molecule has 1 aliphatic rings. The quantitative estimate of drug-likeness (QED) is 0.488. The van der Waals surface area contributed by atoms with Crippen LogP contribution in [0.5, 0.6) is 0 Å². The number of hydrogen-bond donors (Lipinski definition) is 2. The highest BCUT2D eigenvalue weighted by atomic mass is 35.5. The average molecular weight is 251 g/mol. The first-order chi connectivity index (χ1) is 8.22. The fourth-order valence-corrected chi connectivity index (χ4v) is 2.52. The van der Waals surface area contributed by atoms with Gasteiger partial charge in [0.2, 0.25) is 0 Å². The molecule has 0 saturated carbocycles. The average Bonchev–Trinajstić information content (AvgIpc) is 2.36. The second kappa shape index (κ2) is 5.67. The van der Waals surface area contributed by atoms with E-state index in [0.717, 1.165) is 29.0 Å². The molecule has 1 aliphatic carbocycles. The molecular weight excluding hydrogens is 232 g/mol. The van der Waals surface area contributed by atoms with Crippen LogP contribution in [0.15, 0.2) is 29.8 Å². The van der Waals surface area contributed by atoms with Crippen LogP contribution < -0.4 is 11.3 Å². The Morgan fingerprint density at radius 1 is 1.35 bits per heavy atom.